The van der Waals surface area contributed by atoms with Crippen LogP contribution in [-0.4, -0.2) is 60.6 Å². The summed E-state index contributed by atoms with van der Waals surface area (Å²) >= 11 is 0. The molecule has 2 aromatic rings. The van der Waals surface area contributed by atoms with E-state index in [4.69, 9.17) is 4.74 Å². The predicted octanol–water partition coefficient (Wildman–Crippen LogP) is 2.27. The molecule has 3 rings (SSSR count). The molecule has 7 nitrogen and oxygen atoms in total. The lowest BCUT2D eigenvalue weighted by Gasteiger charge is -2.36. The number of ether oxygens (including phenoxy) is 1. The van der Waals surface area contributed by atoms with Gasteiger partial charge in [-0.25, -0.2) is 9.97 Å². The number of aromatic nitrogens is 2. The van der Waals surface area contributed by atoms with Crippen LogP contribution in [0.5, 0.6) is 5.75 Å². The number of nitrogens with one attached hydrogen (secondary N) is 1. The van der Waals surface area contributed by atoms with Gasteiger partial charge >= 0.3 is 0 Å². The van der Waals surface area contributed by atoms with Gasteiger partial charge in [0.2, 0.25) is 0 Å². The molecule has 0 unspecified atom stereocenters. The number of hydrogen-bond donors (Lipinski definition) is 1. The second kappa shape index (κ2) is 8.51. The van der Waals surface area contributed by atoms with Crippen molar-refractivity contribution in [1.29, 1.82) is 0 Å². The summed E-state index contributed by atoms with van der Waals surface area (Å²) < 4.78 is 5.43. The molecule has 1 fully saturated rings. The van der Waals surface area contributed by atoms with E-state index in [1.807, 2.05) is 29.2 Å². The molecule has 0 bridgehead atoms. The Balaban J connectivity index is 1.60. The molecule has 0 saturated carbocycles. The third kappa shape index (κ3) is 4.04. The summed E-state index contributed by atoms with van der Waals surface area (Å²) in [5.74, 6) is 1.48. The van der Waals surface area contributed by atoms with E-state index in [9.17, 15) is 4.79 Å². The van der Waals surface area contributed by atoms with E-state index in [0.717, 1.165) is 37.5 Å². The first kappa shape index (κ1) is 18.0. The summed E-state index contributed by atoms with van der Waals surface area (Å²) in [5, 5.41) is 3.16. The van der Waals surface area contributed by atoms with Crippen molar-refractivity contribution in [2.45, 2.75) is 13.3 Å². The quantitative estimate of drug-likeness (QED) is 0.857. The second-order valence-electron chi connectivity index (χ2n) is 6.16. The molecule has 1 aromatic carbocycles. The van der Waals surface area contributed by atoms with E-state index in [1.165, 1.54) is 0 Å². The lowest BCUT2D eigenvalue weighted by Crippen LogP contribution is -2.49. The van der Waals surface area contributed by atoms with Gasteiger partial charge < -0.3 is 19.9 Å². The van der Waals surface area contributed by atoms with Gasteiger partial charge in [-0.15, -0.1) is 0 Å². The minimum absolute atomic E-state index is 0.0702. The molecule has 1 amide bonds. The minimum atomic E-state index is -0.0702. The molecule has 26 heavy (non-hydrogen) atoms. The summed E-state index contributed by atoms with van der Waals surface area (Å²) in [6.45, 7) is 5.74. The molecule has 7 heteroatoms. The van der Waals surface area contributed by atoms with Crippen LogP contribution < -0.4 is 15.0 Å². The van der Waals surface area contributed by atoms with E-state index in [0.29, 0.717) is 24.6 Å². The zero-order chi connectivity index (χ0) is 18.4. The Labute approximate surface area is 154 Å². The molecule has 1 aliphatic heterocycles. The lowest BCUT2D eigenvalue weighted by atomic mass is 10.2. The molecule has 1 saturated heterocycles. The monoisotopic (exact) mass is 355 g/mol. The van der Waals surface area contributed by atoms with Gasteiger partial charge in [0, 0.05) is 32.7 Å². The average molecular weight is 355 g/mol. The number of piperazine rings is 1. The van der Waals surface area contributed by atoms with Crippen molar-refractivity contribution < 1.29 is 9.53 Å². The number of anilines is 2. The molecule has 0 atom stereocenters. The first-order valence-electron chi connectivity index (χ1n) is 8.96. The van der Waals surface area contributed by atoms with Crippen LogP contribution in [0.3, 0.4) is 0 Å². The highest BCUT2D eigenvalue weighted by Gasteiger charge is 2.24. The van der Waals surface area contributed by atoms with Gasteiger partial charge in [0.1, 0.15) is 17.3 Å². The number of benzene rings is 1. The average Bonchev–Trinajstić information content (AvgIpc) is 2.72. The molecule has 1 N–H and O–H groups in total. The van der Waals surface area contributed by atoms with Crippen LogP contribution in [0.1, 0.15) is 23.8 Å². The molecule has 1 aromatic heterocycles. The van der Waals surface area contributed by atoms with E-state index in [-0.39, 0.29) is 5.91 Å². The maximum Gasteiger partial charge on any atom is 0.274 e. The number of para-hydroxylation sites is 2. The van der Waals surface area contributed by atoms with Crippen molar-refractivity contribution in [3.63, 3.8) is 0 Å². The van der Waals surface area contributed by atoms with Crippen molar-refractivity contribution >= 4 is 17.4 Å². The Morgan fingerprint density at radius 1 is 1.15 bits per heavy atom. The highest BCUT2D eigenvalue weighted by Crippen LogP contribution is 2.28. The number of rotatable bonds is 6. The van der Waals surface area contributed by atoms with Gasteiger partial charge in [0.25, 0.3) is 5.91 Å². The molecule has 1 aliphatic rings. The number of carbonyl (C=O) groups is 1. The molecule has 2 heterocycles. The number of nitrogens with zero attached hydrogens (tertiary/aromatic N) is 4. The fraction of sp³-hybridized carbons (Fsp3) is 0.421. The van der Waals surface area contributed by atoms with Crippen molar-refractivity contribution in [3.05, 3.63) is 42.4 Å². The third-order valence-corrected chi connectivity index (χ3v) is 4.42. The third-order valence-electron chi connectivity index (χ3n) is 4.42. The Hall–Kier alpha value is -2.83. The van der Waals surface area contributed by atoms with E-state index >= 15 is 0 Å². The smallest absolute Gasteiger partial charge is 0.274 e. The summed E-state index contributed by atoms with van der Waals surface area (Å²) in [4.78, 5) is 25.3. The zero-order valence-corrected chi connectivity index (χ0v) is 15.3. The number of amides is 1. The summed E-state index contributed by atoms with van der Waals surface area (Å²) in [7, 11) is 1.68. The number of carbonyl (C=O) groups excluding carboxylic acids is 1. The van der Waals surface area contributed by atoms with Crippen LogP contribution in [0.15, 0.2) is 36.7 Å². The van der Waals surface area contributed by atoms with Crippen LogP contribution >= 0.6 is 0 Å². The molecule has 0 spiro atoms. The van der Waals surface area contributed by atoms with E-state index < -0.39 is 0 Å². The first-order chi connectivity index (χ1) is 12.7. The largest absolute Gasteiger partial charge is 0.495 e. The van der Waals surface area contributed by atoms with Gasteiger partial charge in [-0.2, -0.15) is 0 Å². The fourth-order valence-corrected chi connectivity index (χ4v) is 2.99. The standard InChI is InChI=1S/C19H25N5O2/c1-3-8-20-18-14-21-15(13-22-18)19(25)24-11-9-23(10-12-24)16-6-4-5-7-17(16)26-2/h4-7,13-14H,3,8-12H2,1-2H3,(H,20,22). The zero-order valence-electron chi connectivity index (χ0n) is 15.3. The topological polar surface area (TPSA) is 70.6 Å². The van der Waals surface area contributed by atoms with Gasteiger partial charge in [-0.1, -0.05) is 19.1 Å². The predicted molar refractivity (Wildman–Crippen MR) is 102 cm³/mol. The molecule has 0 radical (unpaired) electrons. The first-order valence-corrected chi connectivity index (χ1v) is 8.96. The number of methoxy groups -OCH3 is 1. The van der Waals surface area contributed by atoms with E-state index in [2.05, 4.69) is 27.1 Å². The van der Waals surface area contributed by atoms with Crippen LogP contribution in [0.25, 0.3) is 0 Å². The fourth-order valence-electron chi connectivity index (χ4n) is 2.99. The minimum Gasteiger partial charge on any atom is -0.495 e. The molecule has 0 aliphatic carbocycles. The van der Waals surface area contributed by atoms with Crippen molar-refractivity contribution in [3.8, 4) is 5.75 Å². The van der Waals surface area contributed by atoms with Crippen LogP contribution in [0, 0.1) is 0 Å². The summed E-state index contributed by atoms with van der Waals surface area (Å²) in [6.07, 6.45) is 4.18. The van der Waals surface area contributed by atoms with Crippen LogP contribution in [0.2, 0.25) is 0 Å². The maximum atomic E-state index is 12.7. The van der Waals surface area contributed by atoms with E-state index in [1.54, 1.807) is 19.5 Å². The normalized spacial score (nSPS) is 14.2. The van der Waals surface area contributed by atoms with Crippen molar-refractivity contribution in [1.82, 2.24) is 14.9 Å². The Morgan fingerprint density at radius 2 is 1.92 bits per heavy atom. The van der Waals surface area contributed by atoms with Gasteiger partial charge in [-0.3, -0.25) is 4.79 Å². The molecule has 138 valence electrons. The highest BCUT2D eigenvalue weighted by atomic mass is 16.5. The van der Waals surface area contributed by atoms with Crippen molar-refractivity contribution in [2.75, 3.05) is 50.1 Å². The Morgan fingerprint density at radius 3 is 2.58 bits per heavy atom. The van der Waals surface area contributed by atoms with Gasteiger partial charge in [-0.05, 0) is 18.6 Å². The Kier molecular flexibility index (Phi) is 5.88. The highest BCUT2D eigenvalue weighted by molar-refractivity contribution is 5.92. The maximum absolute atomic E-state index is 12.7. The number of hydrogen-bond acceptors (Lipinski definition) is 6. The summed E-state index contributed by atoms with van der Waals surface area (Å²) in [5.41, 5.74) is 1.45. The Bertz CT molecular complexity index is 727. The lowest BCUT2D eigenvalue weighted by molar-refractivity contribution is 0.0740. The van der Waals surface area contributed by atoms with Gasteiger partial charge in [0.05, 0.1) is 25.2 Å². The summed E-state index contributed by atoms with van der Waals surface area (Å²) in [6, 6.07) is 7.96. The van der Waals surface area contributed by atoms with Gasteiger partial charge in [0.15, 0.2) is 0 Å². The SMILES string of the molecule is CCCNc1cnc(C(=O)N2CCN(c3ccccc3OC)CC2)cn1. The van der Waals surface area contributed by atoms with Crippen LogP contribution in [0.4, 0.5) is 11.5 Å². The van der Waals surface area contributed by atoms with Crippen molar-refractivity contribution in [2.24, 2.45) is 0 Å². The second-order valence-corrected chi connectivity index (χ2v) is 6.16. The van der Waals surface area contributed by atoms with Crippen LogP contribution in [-0.2, 0) is 0 Å². The molecular weight excluding hydrogens is 330 g/mol. The molecular formula is C19H25N5O2.